The normalized spacial score (nSPS) is 14.4. The van der Waals surface area contributed by atoms with Crippen LogP contribution in [0, 0.1) is 0 Å². The van der Waals surface area contributed by atoms with Gasteiger partial charge in [0.1, 0.15) is 0 Å². The van der Waals surface area contributed by atoms with Gasteiger partial charge in [0.05, 0.1) is 16.5 Å². The third-order valence-corrected chi connectivity index (χ3v) is 6.29. The van der Waals surface area contributed by atoms with Gasteiger partial charge in [0.2, 0.25) is 10.0 Å². The van der Waals surface area contributed by atoms with Crippen LogP contribution < -0.4 is 10.0 Å². The summed E-state index contributed by atoms with van der Waals surface area (Å²) in [6.07, 6.45) is -0.342. The molecule has 0 aliphatic rings. The summed E-state index contributed by atoms with van der Waals surface area (Å²) in [7, 11) is -3.66. The molecular formula is C22H28N2O5S. The van der Waals surface area contributed by atoms with E-state index in [-0.39, 0.29) is 22.5 Å². The van der Waals surface area contributed by atoms with Crippen molar-refractivity contribution in [3.63, 3.8) is 0 Å². The van der Waals surface area contributed by atoms with E-state index in [1.54, 1.807) is 6.92 Å². The van der Waals surface area contributed by atoms with Crippen molar-refractivity contribution in [3.05, 3.63) is 65.7 Å². The average Bonchev–Trinajstić information content (AvgIpc) is 2.73. The van der Waals surface area contributed by atoms with Crippen molar-refractivity contribution in [2.24, 2.45) is 0 Å². The molecule has 0 fully saturated rings. The van der Waals surface area contributed by atoms with Crippen molar-refractivity contribution >= 4 is 21.9 Å². The number of carbonyl (C=O) groups is 2. The minimum absolute atomic E-state index is 0.0572. The fourth-order valence-electron chi connectivity index (χ4n) is 2.62. The molecule has 0 aromatic heterocycles. The van der Waals surface area contributed by atoms with E-state index in [0.29, 0.717) is 6.42 Å². The maximum Gasteiger partial charge on any atom is 0.338 e. The van der Waals surface area contributed by atoms with Gasteiger partial charge in [-0.25, -0.2) is 17.9 Å². The lowest BCUT2D eigenvalue weighted by atomic mass is 10.1. The van der Waals surface area contributed by atoms with E-state index < -0.39 is 28.0 Å². The zero-order chi connectivity index (χ0) is 22.3. The van der Waals surface area contributed by atoms with E-state index in [1.807, 2.05) is 44.2 Å². The topological polar surface area (TPSA) is 102 Å². The molecule has 2 N–H and O–H groups in total. The van der Waals surface area contributed by atoms with Gasteiger partial charge in [-0.2, -0.15) is 0 Å². The Bertz CT molecular complexity index is 959. The third-order valence-electron chi connectivity index (χ3n) is 4.68. The summed E-state index contributed by atoms with van der Waals surface area (Å²) < 4.78 is 32.4. The van der Waals surface area contributed by atoms with E-state index in [1.165, 1.54) is 31.2 Å². The van der Waals surface area contributed by atoms with Crippen LogP contribution in [0.3, 0.4) is 0 Å². The first kappa shape index (κ1) is 23.6. The van der Waals surface area contributed by atoms with Crippen LogP contribution >= 0.6 is 0 Å². The Morgan fingerprint density at radius 3 is 2.13 bits per heavy atom. The Morgan fingerprint density at radius 2 is 1.57 bits per heavy atom. The second-order valence-corrected chi connectivity index (χ2v) is 8.86. The minimum Gasteiger partial charge on any atom is -0.449 e. The maximum absolute atomic E-state index is 12.3. The second kappa shape index (κ2) is 10.4. The predicted octanol–water partition coefficient (Wildman–Crippen LogP) is 3.19. The first-order chi connectivity index (χ1) is 14.1. The van der Waals surface area contributed by atoms with Gasteiger partial charge < -0.3 is 10.1 Å². The molecule has 0 spiro atoms. The predicted molar refractivity (Wildman–Crippen MR) is 114 cm³/mol. The summed E-state index contributed by atoms with van der Waals surface area (Å²) in [6.45, 7) is 6.98. The standard InChI is InChI=1S/C22H28N2O5S/c1-5-15(2)24-30(27,28)20-13-11-19(12-14-20)22(26)29-17(4)21(25)23-16(3)18-9-7-6-8-10-18/h6-17,24H,5H2,1-4H3,(H,23,25). The molecule has 162 valence electrons. The number of carbonyl (C=O) groups excluding carboxylic acids is 2. The molecule has 30 heavy (non-hydrogen) atoms. The van der Waals surface area contributed by atoms with Crippen LogP contribution in [-0.4, -0.2) is 32.4 Å². The van der Waals surface area contributed by atoms with Crippen molar-refractivity contribution in [2.75, 3.05) is 0 Å². The summed E-state index contributed by atoms with van der Waals surface area (Å²) in [5, 5.41) is 2.80. The van der Waals surface area contributed by atoms with Crippen molar-refractivity contribution in [2.45, 2.75) is 57.2 Å². The Kier molecular flexibility index (Phi) is 8.14. The van der Waals surface area contributed by atoms with Crippen LogP contribution in [0.5, 0.6) is 0 Å². The molecule has 0 bridgehead atoms. The number of hydrogen-bond donors (Lipinski definition) is 2. The Hall–Kier alpha value is -2.71. The summed E-state index contributed by atoms with van der Waals surface area (Å²) in [5.41, 5.74) is 1.10. The summed E-state index contributed by atoms with van der Waals surface area (Å²) in [6, 6.07) is 14.4. The summed E-state index contributed by atoms with van der Waals surface area (Å²) >= 11 is 0. The van der Waals surface area contributed by atoms with E-state index >= 15 is 0 Å². The molecule has 7 nitrogen and oxygen atoms in total. The van der Waals surface area contributed by atoms with Crippen molar-refractivity contribution in [3.8, 4) is 0 Å². The summed E-state index contributed by atoms with van der Waals surface area (Å²) in [5.74, 6) is -1.12. The third kappa shape index (κ3) is 6.40. The molecule has 0 heterocycles. The number of benzene rings is 2. The number of sulfonamides is 1. The lowest BCUT2D eigenvalue weighted by Crippen LogP contribution is -2.37. The van der Waals surface area contributed by atoms with Gasteiger partial charge in [0.25, 0.3) is 5.91 Å². The molecule has 8 heteroatoms. The monoisotopic (exact) mass is 432 g/mol. The lowest BCUT2D eigenvalue weighted by Gasteiger charge is -2.18. The number of nitrogens with one attached hydrogen (secondary N) is 2. The second-order valence-electron chi connectivity index (χ2n) is 7.14. The highest BCUT2D eigenvalue weighted by Gasteiger charge is 2.22. The smallest absolute Gasteiger partial charge is 0.338 e. The van der Waals surface area contributed by atoms with Crippen LogP contribution in [0.4, 0.5) is 0 Å². The van der Waals surface area contributed by atoms with Gasteiger partial charge in [-0.05, 0) is 57.0 Å². The van der Waals surface area contributed by atoms with Crippen LogP contribution in [0.2, 0.25) is 0 Å². The van der Waals surface area contributed by atoms with Gasteiger partial charge in [-0.3, -0.25) is 4.79 Å². The first-order valence-corrected chi connectivity index (χ1v) is 11.3. The quantitative estimate of drug-likeness (QED) is 0.593. The van der Waals surface area contributed by atoms with Crippen LogP contribution in [-0.2, 0) is 19.6 Å². The van der Waals surface area contributed by atoms with Gasteiger partial charge in [0.15, 0.2) is 6.10 Å². The highest BCUT2D eigenvalue weighted by molar-refractivity contribution is 7.89. The highest BCUT2D eigenvalue weighted by Crippen LogP contribution is 2.14. The van der Waals surface area contributed by atoms with Gasteiger partial charge in [0, 0.05) is 6.04 Å². The molecule has 0 saturated heterocycles. The molecule has 0 aliphatic heterocycles. The molecule has 0 aliphatic carbocycles. The molecule has 3 unspecified atom stereocenters. The van der Waals surface area contributed by atoms with Gasteiger partial charge in [-0.1, -0.05) is 37.3 Å². The van der Waals surface area contributed by atoms with Gasteiger partial charge >= 0.3 is 5.97 Å². The van der Waals surface area contributed by atoms with Crippen molar-refractivity contribution < 1.29 is 22.7 Å². The number of hydrogen-bond acceptors (Lipinski definition) is 5. The van der Waals surface area contributed by atoms with Crippen molar-refractivity contribution in [1.82, 2.24) is 10.0 Å². The molecule has 2 aromatic rings. The number of amides is 1. The van der Waals surface area contributed by atoms with E-state index in [4.69, 9.17) is 4.74 Å². The Morgan fingerprint density at radius 1 is 0.967 bits per heavy atom. The zero-order valence-corrected chi connectivity index (χ0v) is 18.4. The molecule has 0 radical (unpaired) electrons. The summed E-state index contributed by atoms with van der Waals surface area (Å²) in [4.78, 5) is 24.7. The molecule has 0 saturated carbocycles. The molecule has 3 atom stereocenters. The first-order valence-electron chi connectivity index (χ1n) is 9.82. The molecule has 2 rings (SSSR count). The van der Waals surface area contributed by atoms with Crippen LogP contribution in [0.1, 0.15) is 56.1 Å². The zero-order valence-electron chi connectivity index (χ0n) is 17.6. The lowest BCUT2D eigenvalue weighted by molar-refractivity contribution is -0.129. The minimum atomic E-state index is -3.66. The Labute approximate surface area is 177 Å². The largest absolute Gasteiger partial charge is 0.449 e. The molecule has 2 aromatic carbocycles. The number of rotatable bonds is 9. The van der Waals surface area contributed by atoms with E-state index in [0.717, 1.165) is 5.56 Å². The van der Waals surface area contributed by atoms with Crippen LogP contribution in [0.25, 0.3) is 0 Å². The van der Waals surface area contributed by atoms with Gasteiger partial charge in [-0.15, -0.1) is 0 Å². The fourth-order valence-corrected chi connectivity index (χ4v) is 3.95. The number of ether oxygens (including phenoxy) is 1. The molecule has 1 amide bonds. The highest BCUT2D eigenvalue weighted by atomic mass is 32.2. The van der Waals surface area contributed by atoms with Crippen molar-refractivity contribution in [1.29, 1.82) is 0 Å². The average molecular weight is 433 g/mol. The molecular weight excluding hydrogens is 404 g/mol. The van der Waals surface area contributed by atoms with Crippen LogP contribution in [0.15, 0.2) is 59.5 Å². The maximum atomic E-state index is 12.3. The number of esters is 1. The van der Waals surface area contributed by atoms with E-state index in [2.05, 4.69) is 10.0 Å². The SMILES string of the molecule is CCC(C)NS(=O)(=O)c1ccc(C(=O)OC(C)C(=O)NC(C)c2ccccc2)cc1. The van der Waals surface area contributed by atoms with E-state index in [9.17, 15) is 18.0 Å². The Balaban J connectivity index is 1.97. The fraction of sp³-hybridized carbons (Fsp3) is 0.364.